The van der Waals surface area contributed by atoms with Crippen LogP contribution in [-0.2, 0) is 5.60 Å². The number of furan rings is 1. The summed E-state index contributed by atoms with van der Waals surface area (Å²) in [4.78, 5) is 0. The van der Waals surface area contributed by atoms with Gasteiger partial charge in [-0.05, 0) is 36.5 Å². The number of benzene rings is 2. The second-order valence-corrected chi connectivity index (χ2v) is 6.08. The highest BCUT2D eigenvalue weighted by Gasteiger charge is 2.35. The van der Waals surface area contributed by atoms with Gasteiger partial charge in [-0.15, -0.1) is 0 Å². The topological polar surface area (TPSA) is 33.4 Å². The van der Waals surface area contributed by atoms with Crippen LogP contribution in [0.4, 0.5) is 0 Å². The number of fused-ring (bicyclic) bond motifs is 1. The molecule has 0 aliphatic rings. The minimum absolute atomic E-state index is 0.610. The van der Waals surface area contributed by atoms with E-state index in [1.54, 1.807) is 0 Å². The zero-order chi connectivity index (χ0) is 15.6. The van der Waals surface area contributed by atoms with Crippen molar-refractivity contribution in [2.75, 3.05) is 0 Å². The van der Waals surface area contributed by atoms with E-state index in [0.29, 0.717) is 12.2 Å². The molecule has 0 aliphatic carbocycles. The summed E-state index contributed by atoms with van der Waals surface area (Å²) in [5.74, 6) is 1.91. The van der Waals surface area contributed by atoms with Gasteiger partial charge in [0.2, 0.25) is 0 Å². The second-order valence-electron chi connectivity index (χ2n) is 6.08. The predicted octanol–water partition coefficient (Wildman–Crippen LogP) is 5.06. The van der Waals surface area contributed by atoms with Crippen LogP contribution in [0, 0.1) is 5.92 Å². The van der Waals surface area contributed by atoms with Crippen LogP contribution in [0.2, 0.25) is 0 Å². The van der Waals surface area contributed by atoms with E-state index in [2.05, 4.69) is 13.8 Å². The van der Waals surface area contributed by atoms with Gasteiger partial charge in [-0.25, -0.2) is 0 Å². The molecule has 0 fully saturated rings. The van der Waals surface area contributed by atoms with Gasteiger partial charge < -0.3 is 9.52 Å². The molecule has 1 atom stereocenters. The average molecular weight is 293 g/mol. The minimum atomic E-state index is -1.10. The lowest BCUT2D eigenvalue weighted by molar-refractivity contribution is 0.0483. The summed E-state index contributed by atoms with van der Waals surface area (Å²) in [6.07, 6.45) is 1.46. The van der Waals surface area contributed by atoms with Gasteiger partial charge in [-0.1, -0.05) is 62.4 Å². The first-order valence-electron chi connectivity index (χ1n) is 7.65. The van der Waals surface area contributed by atoms with E-state index < -0.39 is 5.60 Å². The van der Waals surface area contributed by atoms with Crippen molar-refractivity contribution in [2.24, 2.45) is 0 Å². The Morgan fingerprint density at radius 3 is 2.36 bits per heavy atom. The fourth-order valence-corrected chi connectivity index (χ4v) is 2.74. The van der Waals surface area contributed by atoms with Crippen LogP contribution in [0.25, 0.3) is 11.0 Å². The Kier molecular flexibility index (Phi) is 4.04. The molecule has 22 heavy (non-hydrogen) atoms. The molecule has 2 nitrogen and oxygen atoms in total. The molecular formula is C20H21O2. The predicted molar refractivity (Wildman–Crippen MR) is 89.5 cm³/mol. The highest BCUT2D eigenvalue weighted by molar-refractivity contribution is 5.78. The lowest BCUT2D eigenvalue weighted by Crippen LogP contribution is -2.27. The van der Waals surface area contributed by atoms with Crippen LogP contribution in [0.3, 0.4) is 0 Å². The van der Waals surface area contributed by atoms with Gasteiger partial charge in [0.05, 0.1) is 0 Å². The van der Waals surface area contributed by atoms with Crippen molar-refractivity contribution in [2.45, 2.75) is 32.3 Å². The van der Waals surface area contributed by atoms with Gasteiger partial charge in [-0.3, -0.25) is 0 Å². The Balaban J connectivity index is 2.08. The minimum Gasteiger partial charge on any atom is -0.458 e. The van der Waals surface area contributed by atoms with Gasteiger partial charge in [0.15, 0.2) is 0 Å². The summed E-state index contributed by atoms with van der Waals surface area (Å²) in [6, 6.07) is 19.6. The Hall–Kier alpha value is -2.06. The summed E-state index contributed by atoms with van der Waals surface area (Å²) >= 11 is 0. The van der Waals surface area contributed by atoms with E-state index in [-0.39, 0.29) is 0 Å². The van der Waals surface area contributed by atoms with Crippen molar-refractivity contribution >= 4 is 11.0 Å². The Morgan fingerprint density at radius 1 is 1.00 bits per heavy atom. The van der Waals surface area contributed by atoms with Crippen LogP contribution in [0.5, 0.6) is 0 Å². The molecule has 0 aliphatic heterocycles. The molecule has 0 amide bonds. The molecule has 2 heteroatoms. The molecule has 1 N–H and O–H groups in total. The number of aliphatic hydroxyl groups is 1. The highest BCUT2D eigenvalue weighted by Crippen LogP contribution is 2.38. The molecule has 113 valence electrons. The Morgan fingerprint density at radius 2 is 1.68 bits per heavy atom. The summed E-state index contributed by atoms with van der Waals surface area (Å²) < 4.78 is 5.96. The molecule has 1 radical (unpaired) electrons. The molecule has 2 aromatic carbocycles. The van der Waals surface area contributed by atoms with E-state index in [0.717, 1.165) is 23.0 Å². The van der Waals surface area contributed by atoms with Gasteiger partial charge in [-0.2, -0.15) is 0 Å². The van der Waals surface area contributed by atoms with Gasteiger partial charge in [0.25, 0.3) is 0 Å². The van der Waals surface area contributed by atoms with Crippen molar-refractivity contribution in [3.05, 3.63) is 77.9 Å². The van der Waals surface area contributed by atoms with Crippen molar-refractivity contribution in [3.63, 3.8) is 0 Å². The summed E-state index contributed by atoms with van der Waals surface area (Å²) in [5.41, 5.74) is 0.580. The van der Waals surface area contributed by atoms with Crippen LogP contribution >= 0.6 is 0 Å². The molecule has 1 heterocycles. The molecule has 0 saturated carbocycles. The van der Waals surface area contributed by atoms with Crippen molar-refractivity contribution in [1.29, 1.82) is 0 Å². The van der Waals surface area contributed by atoms with E-state index in [1.165, 1.54) is 5.92 Å². The third kappa shape index (κ3) is 2.79. The van der Waals surface area contributed by atoms with Crippen LogP contribution in [0.1, 0.15) is 38.0 Å². The van der Waals surface area contributed by atoms with Crippen LogP contribution in [-0.4, -0.2) is 5.11 Å². The van der Waals surface area contributed by atoms with E-state index in [4.69, 9.17) is 4.42 Å². The fourth-order valence-electron chi connectivity index (χ4n) is 2.74. The molecular weight excluding hydrogens is 272 g/mol. The summed E-state index contributed by atoms with van der Waals surface area (Å²) in [6.45, 7) is 4.17. The molecule has 1 unspecified atom stereocenters. The normalized spacial score (nSPS) is 14.4. The van der Waals surface area contributed by atoms with Crippen LogP contribution < -0.4 is 0 Å². The van der Waals surface area contributed by atoms with Gasteiger partial charge in [0, 0.05) is 5.39 Å². The molecule has 3 rings (SSSR count). The molecule has 1 aromatic heterocycles. The van der Waals surface area contributed by atoms with Crippen LogP contribution in [0.15, 0.2) is 65.1 Å². The number of para-hydroxylation sites is 1. The smallest absolute Gasteiger partial charge is 0.147 e. The first-order valence-corrected chi connectivity index (χ1v) is 7.65. The third-order valence-corrected chi connectivity index (χ3v) is 4.07. The Bertz CT molecular complexity index is 710. The first kappa shape index (κ1) is 14.9. The van der Waals surface area contributed by atoms with Crippen molar-refractivity contribution in [3.8, 4) is 0 Å². The number of rotatable bonds is 5. The lowest BCUT2D eigenvalue weighted by atomic mass is 9.84. The number of hydrogen-bond donors (Lipinski definition) is 1. The Labute approximate surface area is 131 Å². The second kappa shape index (κ2) is 5.98. The molecule has 0 bridgehead atoms. The number of hydrogen-bond acceptors (Lipinski definition) is 2. The average Bonchev–Trinajstić information content (AvgIpc) is 2.98. The maximum atomic E-state index is 11.4. The van der Waals surface area contributed by atoms with E-state index in [9.17, 15) is 5.11 Å². The molecule has 3 aromatic rings. The summed E-state index contributed by atoms with van der Waals surface area (Å²) in [5, 5.41) is 12.4. The lowest BCUT2D eigenvalue weighted by Gasteiger charge is -2.27. The van der Waals surface area contributed by atoms with Crippen molar-refractivity contribution < 1.29 is 9.52 Å². The zero-order valence-corrected chi connectivity index (χ0v) is 13.0. The fraction of sp³-hybridized carbons (Fsp3) is 0.250. The third-order valence-electron chi connectivity index (χ3n) is 4.07. The quantitative estimate of drug-likeness (QED) is 0.713. The van der Waals surface area contributed by atoms with Gasteiger partial charge in [0.1, 0.15) is 16.9 Å². The van der Waals surface area contributed by atoms with E-state index >= 15 is 0 Å². The highest BCUT2D eigenvalue weighted by atomic mass is 16.4. The first-order chi connectivity index (χ1) is 10.6. The standard InChI is InChI=1S/C20H21O2/c1-15(2)12-13-20(21,17-9-4-3-5-10-17)19-14-16-8-6-7-11-18(16)22-19/h3-11,14,21H,12-13H2,1-2H3. The van der Waals surface area contributed by atoms with E-state index in [1.807, 2.05) is 60.7 Å². The largest absolute Gasteiger partial charge is 0.458 e. The maximum absolute atomic E-state index is 11.4. The van der Waals surface area contributed by atoms with Crippen molar-refractivity contribution in [1.82, 2.24) is 0 Å². The summed E-state index contributed by atoms with van der Waals surface area (Å²) in [7, 11) is 0. The SMILES string of the molecule is C[C](C)CCC(O)(c1ccccc1)c1cc2ccccc2o1. The maximum Gasteiger partial charge on any atom is 0.147 e. The monoisotopic (exact) mass is 293 g/mol. The molecule has 0 saturated heterocycles. The van der Waals surface area contributed by atoms with Gasteiger partial charge >= 0.3 is 0 Å². The zero-order valence-electron chi connectivity index (χ0n) is 13.0. The molecule has 0 spiro atoms.